The van der Waals surface area contributed by atoms with Crippen molar-refractivity contribution in [3.05, 3.63) is 53.8 Å². The van der Waals surface area contributed by atoms with Crippen LogP contribution in [-0.2, 0) is 14.8 Å². The van der Waals surface area contributed by atoms with Gasteiger partial charge in [0.1, 0.15) is 17.1 Å². The van der Waals surface area contributed by atoms with Gasteiger partial charge in [0.05, 0.1) is 10.6 Å². The lowest BCUT2D eigenvalue weighted by atomic mass is 10.0. The Morgan fingerprint density at radius 3 is 2.31 bits per heavy atom. The fraction of sp³-hybridized carbons (Fsp3) is 0.435. The molecule has 0 spiro atoms. The van der Waals surface area contributed by atoms with Crippen molar-refractivity contribution in [1.82, 2.24) is 4.90 Å². The fourth-order valence-corrected chi connectivity index (χ4v) is 4.50. The van der Waals surface area contributed by atoms with Gasteiger partial charge in [0.15, 0.2) is 0 Å². The first-order chi connectivity index (χ1) is 14.9. The van der Waals surface area contributed by atoms with Gasteiger partial charge in [-0.15, -0.1) is 0 Å². The molecule has 0 radical (unpaired) electrons. The van der Waals surface area contributed by atoms with Crippen LogP contribution >= 0.6 is 0 Å². The van der Waals surface area contributed by atoms with Crippen molar-refractivity contribution in [2.24, 2.45) is 0 Å². The number of carbonyl (C=O) groups is 1. The first kappa shape index (κ1) is 23.8. The van der Waals surface area contributed by atoms with E-state index in [0.29, 0.717) is 31.6 Å². The molecule has 1 heterocycles. The number of nitrogens with one attached hydrogen (secondary N) is 2. The molecular weight excluding hydrogens is 433 g/mol. The van der Waals surface area contributed by atoms with Crippen LogP contribution in [0.4, 0.5) is 20.6 Å². The summed E-state index contributed by atoms with van der Waals surface area (Å²) in [6, 6.07) is 10.7. The lowest BCUT2D eigenvalue weighted by Gasteiger charge is -2.34. The van der Waals surface area contributed by atoms with Crippen LogP contribution < -0.4 is 10.0 Å². The average molecular weight is 464 g/mol. The SMILES string of the molecule is Cc1ccc(S(=O)(=O)Nc2c(F)cccc2NC2CCN(C(=O)OC(C)(C)C)CC2)cc1. The first-order valence-electron chi connectivity index (χ1n) is 10.6. The smallest absolute Gasteiger partial charge is 0.410 e. The van der Waals surface area contributed by atoms with Crippen molar-refractivity contribution >= 4 is 27.5 Å². The molecule has 0 aromatic heterocycles. The predicted octanol–water partition coefficient (Wildman–Crippen LogP) is 4.75. The Morgan fingerprint density at radius 1 is 1.09 bits per heavy atom. The summed E-state index contributed by atoms with van der Waals surface area (Å²) < 4.78 is 48.0. The van der Waals surface area contributed by atoms with Crippen molar-refractivity contribution in [2.75, 3.05) is 23.1 Å². The van der Waals surface area contributed by atoms with E-state index < -0.39 is 21.4 Å². The maximum absolute atomic E-state index is 14.6. The van der Waals surface area contributed by atoms with E-state index in [1.54, 1.807) is 23.1 Å². The fourth-order valence-electron chi connectivity index (χ4n) is 3.41. The summed E-state index contributed by atoms with van der Waals surface area (Å²) in [6.07, 6.45) is 0.896. The summed E-state index contributed by atoms with van der Waals surface area (Å²) in [5.74, 6) is -0.670. The Balaban J connectivity index is 1.69. The zero-order chi connectivity index (χ0) is 23.5. The number of aryl methyl sites for hydroxylation is 1. The van der Waals surface area contributed by atoms with Crippen LogP contribution in [0.25, 0.3) is 0 Å². The van der Waals surface area contributed by atoms with Crippen LogP contribution in [0.15, 0.2) is 47.4 Å². The molecule has 2 aromatic carbocycles. The number of piperidine rings is 1. The number of carbonyl (C=O) groups excluding carboxylic acids is 1. The molecule has 3 rings (SSSR count). The summed E-state index contributed by atoms with van der Waals surface area (Å²) >= 11 is 0. The largest absolute Gasteiger partial charge is 0.444 e. The maximum Gasteiger partial charge on any atom is 0.410 e. The maximum atomic E-state index is 14.6. The molecule has 32 heavy (non-hydrogen) atoms. The lowest BCUT2D eigenvalue weighted by molar-refractivity contribution is 0.0210. The molecule has 1 aliphatic heterocycles. The lowest BCUT2D eigenvalue weighted by Crippen LogP contribution is -2.44. The van der Waals surface area contributed by atoms with Crippen molar-refractivity contribution in [2.45, 2.75) is 57.1 Å². The van der Waals surface area contributed by atoms with E-state index in [4.69, 9.17) is 4.74 Å². The van der Waals surface area contributed by atoms with Crippen molar-refractivity contribution < 1.29 is 22.3 Å². The highest BCUT2D eigenvalue weighted by atomic mass is 32.2. The number of nitrogens with zero attached hydrogens (tertiary/aromatic N) is 1. The summed E-state index contributed by atoms with van der Waals surface area (Å²) in [5.41, 5.74) is 0.603. The predicted molar refractivity (Wildman–Crippen MR) is 123 cm³/mol. The van der Waals surface area contributed by atoms with E-state index in [9.17, 15) is 17.6 Å². The molecule has 0 bridgehead atoms. The third kappa shape index (κ3) is 6.12. The molecule has 0 unspecified atom stereocenters. The molecule has 2 N–H and O–H groups in total. The second kappa shape index (κ2) is 9.36. The number of para-hydroxylation sites is 1. The molecule has 0 aliphatic carbocycles. The van der Waals surface area contributed by atoms with Gasteiger partial charge in [0.2, 0.25) is 0 Å². The number of ether oxygens (including phenoxy) is 1. The second-order valence-corrected chi connectivity index (χ2v) is 10.6. The van der Waals surface area contributed by atoms with E-state index in [-0.39, 0.29) is 22.7 Å². The molecule has 9 heteroatoms. The number of hydrogen-bond donors (Lipinski definition) is 2. The molecule has 1 aliphatic rings. The van der Waals surface area contributed by atoms with Gasteiger partial charge in [-0.1, -0.05) is 23.8 Å². The van der Waals surface area contributed by atoms with Crippen molar-refractivity contribution in [3.8, 4) is 0 Å². The van der Waals surface area contributed by atoms with Crippen molar-refractivity contribution in [1.29, 1.82) is 0 Å². The zero-order valence-corrected chi connectivity index (χ0v) is 19.6. The Labute approximate surface area is 189 Å². The Morgan fingerprint density at radius 2 is 1.72 bits per heavy atom. The summed E-state index contributed by atoms with van der Waals surface area (Å²) in [4.78, 5) is 14.0. The normalized spacial score (nSPS) is 15.3. The average Bonchev–Trinajstić information content (AvgIpc) is 2.70. The third-order valence-electron chi connectivity index (χ3n) is 5.09. The first-order valence-corrected chi connectivity index (χ1v) is 12.1. The molecule has 7 nitrogen and oxygen atoms in total. The number of hydrogen-bond acceptors (Lipinski definition) is 5. The molecular formula is C23H30FN3O4S. The topological polar surface area (TPSA) is 87.7 Å². The van der Waals surface area contributed by atoms with E-state index in [1.165, 1.54) is 24.3 Å². The number of likely N-dealkylation sites (tertiary alicyclic amines) is 1. The summed E-state index contributed by atoms with van der Waals surface area (Å²) in [5, 5.41) is 3.24. The Bertz CT molecular complexity index is 1060. The van der Waals surface area contributed by atoms with Gasteiger partial charge >= 0.3 is 6.09 Å². The van der Waals surface area contributed by atoms with Crippen LogP contribution in [-0.4, -0.2) is 44.1 Å². The minimum Gasteiger partial charge on any atom is -0.444 e. The minimum absolute atomic E-state index is 0.0434. The Kier molecular flexibility index (Phi) is 6.97. The molecule has 0 saturated carbocycles. The number of sulfonamides is 1. The van der Waals surface area contributed by atoms with Gasteiger partial charge in [0, 0.05) is 19.1 Å². The van der Waals surface area contributed by atoms with Crippen LogP contribution in [0.1, 0.15) is 39.2 Å². The molecule has 2 aromatic rings. The second-order valence-electron chi connectivity index (χ2n) is 8.97. The highest BCUT2D eigenvalue weighted by molar-refractivity contribution is 7.92. The standard InChI is InChI=1S/C23H30FN3O4S/c1-16-8-10-18(11-9-16)32(29,30)26-21-19(24)6-5-7-20(21)25-17-12-14-27(15-13-17)22(28)31-23(2,3)4/h5-11,17,25-26H,12-15H2,1-4H3. The Hall–Kier alpha value is -2.81. The summed E-state index contributed by atoms with van der Waals surface area (Å²) in [6.45, 7) is 8.31. The van der Waals surface area contributed by atoms with Gasteiger partial charge in [-0.05, 0) is 64.8 Å². The summed E-state index contributed by atoms with van der Waals surface area (Å²) in [7, 11) is -3.95. The van der Waals surface area contributed by atoms with Gasteiger partial charge in [-0.2, -0.15) is 0 Å². The molecule has 1 amide bonds. The number of rotatable bonds is 5. The van der Waals surface area contributed by atoms with E-state index in [2.05, 4.69) is 10.0 Å². The molecule has 1 fully saturated rings. The monoisotopic (exact) mass is 463 g/mol. The van der Waals surface area contributed by atoms with E-state index >= 15 is 0 Å². The minimum atomic E-state index is -3.95. The highest BCUT2D eigenvalue weighted by Crippen LogP contribution is 2.30. The van der Waals surface area contributed by atoms with Crippen LogP contribution in [0.2, 0.25) is 0 Å². The molecule has 1 saturated heterocycles. The van der Waals surface area contributed by atoms with E-state index in [0.717, 1.165) is 5.56 Å². The van der Waals surface area contributed by atoms with Gasteiger partial charge < -0.3 is 15.0 Å². The molecule has 174 valence electrons. The van der Waals surface area contributed by atoms with Gasteiger partial charge in [-0.3, -0.25) is 4.72 Å². The van der Waals surface area contributed by atoms with Crippen molar-refractivity contribution in [3.63, 3.8) is 0 Å². The zero-order valence-electron chi connectivity index (χ0n) is 18.8. The van der Waals surface area contributed by atoms with Crippen LogP contribution in [0.5, 0.6) is 0 Å². The van der Waals surface area contributed by atoms with Gasteiger partial charge in [-0.25, -0.2) is 17.6 Å². The quantitative estimate of drug-likeness (QED) is 0.668. The highest BCUT2D eigenvalue weighted by Gasteiger charge is 2.28. The number of anilines is 2. The van der Waals surface area contributed by atoms with Crippen LogP contribution in [0.3, 0.4) is 0 Å². The number of halogens is 1. The molecule has 0 atom stereocenters. The van der Waals surface area contributed by atoms with E-state index in [1.807, 2.05) is 27.7 Å². The number of benzene rings is 2. The van der Waals surface area contributed by atoms with Gasteiger partial charge in [0.25, 0.3) is 10.0 Å². The number of amides is 1. The van der Waals surface area contributed by atoms with Crippen LogP contribution in [0, 0.1) is 12.7 Å². The third-order valence-corrected chi connectivity index (χ3v) is 6.45.